The average molecular weight is 273 g/mol. The molecule has 0 bridgehead atoms. The third-order valence-corrected chi connectivity index (χ3v) is 4.52. The second-order valence-corrected chi connectivity index (χ2v) is 5.85. The first-order chi connectivity index (χ1) is 9.88. The van der Waals surface area contributed by atoms with Gasteiger partial charge in [0, 0.05) is 25.8 Å². The molecule has 4 heteroatoms. The predicted molar refractivity (Wildman–Crippen MR) is 79.7 cm³/mol. The molecule has 1 aromatic rings. The Labute approximate surface area is 120 Å². The molecule has 0 unspecified atom stereocenters. The Morgan fingerprint density at radius 3 is 2.55 bits per heavy atom. The number of hydrogen-bond donors (Lipinski definition) is 0. The summed E-state index contributed by atoms with van der Waals surface area (Å²) in [6.07, 6.45) is 10.2. The SMILES string of the molecule is O=CN1CCCC[C@@H]1c1ccc(N2CCCCC2)nc1. The number of aromatic nitrogens is 1. The van der Waals surface area contributed by atoms with Gasteiger partial charge in [-0.2, -0.15) is 0 Å². The zero-order valence-corrected chi connectivity index (χ0v) is 12.0. The van der Waals surface area contributed by atoms with Gasteiger partial charge in [0.1, 0.15) is 5.82 Å². The largest absolute Gasteiger partial charge is 0.357 e. The van der Waals surface area contributed by atoms with Crippen molar-refractivity contribution < 1.29 is 4.79 Å². The molecule has 1 amide bonds. The Bertz CT molecular complexity index is 440. The van der Waals surface area contributed by atoms with Crippen LogP contribution in [-0.4, -0.2) is 35.9 Å². The lowest BCUT2D eigenvalue weighted by molar-refractivity contribution is -0.121. The minimum atomic E-state index is 0.226. The molecule has 0 radical (unpaired) electrons. The van der Waals surface area contributed by atoms with Crippen LogP contribution in [0.25, 0.3) is 0 Å². The molecule has 0 aromatic carbocycles. The highest BCUT2D eigenvalue weighted by Crippen LogP contribution is 2.30. The average Bonchev–Trinajstić information content (AvgIpc) is 2.56. The van der Waals surface area contributed by atoms with E-state index >= 15 is 0 Å². The second-order valence-electron chi connectivity index (χ2n) is 5.85. The van der Waals surface area contributed by atoms with Gasteiger partial charge in [-0.15, -0.1) is 0 Å². The summed E-state index contributed by atoms with van der Waals surface area (Å²) in [5.41, 5.74) is 1.18. The summed E-state index contributed by atoms with van der Waals surface area (Å²) in [6, 6.07) is 4.51. The van der Waals surface area contributed by atoms with Crippen LogP contribution in [0.5, 0.6) is 0 Å². The number of carbonyl (C=O) groups excluding carboxylic acids is 1. The number of hydrogen-bond acceptors (Lipinski definition) is 3. The van der Waals surface area contributed by atoms with Gasteiger partial charge in [0.15, 0.2) is 0 Å². The van der Waals surface area contributed by atoms with Crippen LogP contribution in [0.3, 0.4) is 0 Å². The molecule has 2 aliphatic heterocycles. The van der Waals surface area contributed by atoms with Gasteiger partial charge in [-0.1, -0.05) is 6.07 Å². The summed E-state index contributed by atoms with van der Waals surface area (Å²) in [4.78, 5) is 20.1. The predicted octanol–water partition coefficient (Wildman–Crippen LogP) is 2.76. The number of rotatable bonds is 3. The van der Waals surface area contributed by atoms with Gasteiger partial charge in [0.25, 0.3) is 0 Å². The maximum atomic E-state index is 11.2. The van der Waals surface area contributed by atoms with E-state index in [4.69, 9.17) is 0 Å². The van der Waals surface area contributed by atoms with Crippen LogP contribution >= 0.6 is 0 Å². The molecule has 4 nitrogen and oxygen atoms in total. The Kier molecular flexibility index (Phi) is 4.19. The maximum Gasteiger partial charge on any atom is 0.210 e. The van der Waals surface area contributed by atoms with Crippen molar-refractivity contribution in [3.63, 3.8) is 0 Å². The van der Waals surface area contributed by atoms with Crippen LogP contribution < -0.4 is 4.90 Å². The van der Waals surface area contributed by atoms with E-state index in [1.807, 2.05) is 11.1 Å². The molecule has 1 atom stereocenters. The van der Waals surface area contributed by atoms with Gasteiger partial charge >= 0.3 is 0 Å². The van der Waals surface area contributed by atoms with E-state index in [2.05, 4.69) is 22.0 Å². The quantitative estimate of drug-likeness (QED) is 0.795. The van der Waals surface area contributed by atoms with Crippen molar-refractivity contribution in [1.82, 2.24) is 9.88 Å². The highest BCUT2D eigenvalue weighted by atomic mass is 16.1. The maximum absolute atomic E-state index is 11.2. The first-order valence-electron chi connectivity index (χ1n) is 7.80. The standard InChI is InChI=1S/C16H23N3O/c20-13-19-11-5-2-6-15(19)14-7-8-16(17-12-14)18-9-3-1-4-10-18/h7-8,12-13,15H,1-6,9-11H2/t15-/m1/s1. The van der Waals surface area contributed by atoms with Gasteiger partial charge in [0.2, 0.25) is 6.41 Å². The van der Waals surface area contributed by atoms with E-state index in [0.717, 1.165) is 44.7 Å². The highest BCUT2D eigenvalue weighted by Gasteiger charge is 2.23. The van der Waals surface area contributed by atoms with E-state index in [0.29, 0.717) is 0 Å². The van der Waals surface area contributed by atoms with E-state index in [1.165, 1.54) is 31.2 Å². The fourth-order valence-electron chi connectivity index (χ4n) is 3.34. The summed E-state index contributed by atoms with van der Waals surface area (Å²) < 4.78 is 0. The summed E-state index contributed by atoms with van der Waals surface area (Å²) in [5, 5.41) is 0. The zero-order chi connectivity index (χ0) is 13.8. The first-order valence-corrected chi connectivity index (χ1v) is 7.80. The topological polar surface area (TPSA) is 36.4 Å². The molecule has 2 fully saturated rings. The Morgan fingerprint density at radius 2 is 1.85 bits per heavy atom. The molecular weight excluding hydrogens is 250 g/mol. The van der Waals surface area contributed by atoms with Crippen LogP contribution in [0, 0.1) is 0 Å². The summed E-state index contributed by atoms with van der Waals surface area (Å²) in [5.74, 6) is 1.09. The Morgan fingerprint density at radius 1 is 1.05 bits per heavy atom. The van der Waals surface area contributed by atoms with Crippen LogP contribution in [0.15, 0.2) is 18.3 Å². The van der Waals surface area contributed by atoms with E-state index < -0.39 is 0 Å². The van der Waals surface area contributed by atoms with E-state index in [-0.39, 0.29) is 6.04 Å². The number of likely N-dealkylation sites (tertiary alicyclic amines) is 1. The van der Waals surface area contributed by atoms with Gasteiger partial charge in [-0.05, 0) is 50.2 Å². The fourth-order valence-corrected chi connectivity index (χ4v) is 3.34. The molecule has 2 aliphatic rings. The third kappa shape index (κ3) is 2.79. The lowest BCUT2D eigenvalue weighted by Gasteiger charge is -2.33. The van der Waals surface area contributed by atoms with Gasteiger partial charge in [-0.3, -0.25) is 4.79 Å². The molecule has 0 spiro atoms. The van der Waals surface area contributed by atoms with Gasteiger partial charge < -0.3 is 9.80 Å². The monoisotopic (exact) mass is 273 g/mol. The van der Waals surface area contributed by atoms with Crippen LogP contribution in [-0.2, 0) is 4.79 Å². The fraction of sp³-hybridized carbons (Fsp3) is 0.625. The van der Waals surface area contributed by atoms with Crippen molar-refractivity contribution in [3.05, 3.63) is 23.9 Å². The number of piperidine rings is 2. The van der Waals surface area contributed by atoms with Crippen LogP contribution in [0.1, 0.15) is 50.1 Å². The molecule has 2 saturated heterocycles. The van der Waals surface area contributed by atoms with Crippen molar-refractivity contribution in [2.24, 2.45) is 0 Å². The second kappa shape index (κ2) is 6.25. The minimum absolute atomic E-state index is 0.226. The normalized spacial score (nSPS) is 23.7. The smallest absolute Gasteiger partial charge is 0.210 e. The van der Waals surface area contributed by atoms with Crippen molar-refractivity contribution in [1.29, 1.82) is 0 Å². The molecule has 0 N–H and O–H groups in total. The summed E-state index contributed by atoms with van der Waals surface area (Å²) in [6.45, 7) is 3.12. The van der Waals surface area contributed by atoms with Gasteiger partial charge in [0.05, 0.1) is 6.04 Å². The molecular formula is C16H23N3O. The summed E-state index contributed by atoms with van der Waals surface area (Å²) in [7, 11) is 0. The molecule has 3 rings (SSSR count). The number of carbonyl (C=O) groups is 1. The first kappa shape index (κ1) is 13.4. The van der Waals surface area contributed by atoms with Crippen molar-refractivity contribution in [2.45, 2.75) is 44.6 Å². The number of nitrogens with zero attached hydrogens (tertiary/aromatic N) is 3. The van der Waals surface area contributed by atoms with E-state index in [9.17, 15) is 4.79 Å². The van der Waals surface area contributed by atoms with Crippen molar-refractivity contribution in [2.75, 3.05) is 24.5 Å². The third-order valence-electron chi connectivity index (χ3n) is 4.52. The van der Waals surface area contributed by atoms with Crippen LogP contribution in [0.2, 0.25) is 0 Å². The molecule has 108 valence electrons. The molecule has 20 heavy (non-hydrogen) atoms. The van der Waals surface area contributed by atoms with E-state index in [1.54, 1.807) is 0 Å². The highest BCUT2D eigenvalue weighted by molar-refractivity contribution is 5.49. The Balaban J connectivity index is 1.72. The van der Waals surface area contributed by atoms with Crippen molar-refractivity contribution in [3.8, 4) is 0 Å². The number of anilines is 1. The minimum Gasteiger partial charge on any atom is -0.357 e. The van der Waals surface area contributed by atoms with Crippen molar-refractivity contribution >= 4 is 12.2 Å². The lowest BCUT2D eigenvalue weighted by Crippen LogP contribution is -2.32. The zero-order valence-electron chi connectivity index (χ0n) is 12.0. The summed E-state index contributed by atoms with van der Waals surface area (Å²) >= 11 is 0. The Hall–Kier alpha value is -1.58. The van der Waals surface area contributed by atoms with Crippen LogP contribution in [0.4, 0.5) is 5.82 Å². The number of amides is 1. The molecule has 0 aliphatic carbocycles. The molecule has 3 heterocycles. The molecule has 1 aromatic heterocycles. The molecule has 0 saturated carbocycles. The lowest BCUT2D eigenvalue weighted by atomic mass is 9.97. The number of pyridine rings is 1. The van der Waals surface area contributed by atoms with Gasteiger partial charge in [-0.25, -0.2) is 4.98 Å².